The predicted molar refractivity (Wildman–Crippen MR) is 82.8 cm³/mol. The number of hydrogen-bond acceptors (Lipinski definition) is 4. The third-order valence-corrected chi connectivity index (χ3v) is 2.75. The number of rotatable bonds is 8. The molecule has 1 amide bonds. The maximum absolute atomic E-state index is 12.2. The first-order valence-corrected chi connectivity index (χ1v) is 6.51. The van der Waals surface area contributed by atoms with E-state index in [4.69, 9.17) is 0 Å². The highest BCUT2D eigenvalue weighted by atomic mass is 16.2. The van der Waals surface area contributed by atoms with Crippen molar-refractivity contribution in [3.05, 3.63) is 69.4 Å². The lowest BCUT2D eigenvalue weighted by Crippen LogP contribution is -2.55. The summed E-state index contributed by atoms with van der Waals surface area (Å²) >= 11 is 0. The highest BCUT2D eigenvalue weighted by Crippen LogP contribution is 1.80. The molecular weight excluding hydrogens is 288 g/mol. The van der Waals surface area contributed by atoms with Crippen LogP contribution in [0.4, 0.5) is 0 Å². The van der Waals surface area contributed by atoms with Crippen LogP contribution in [0.15, 0.2) is 52.3 Å². The number of amides is 1. The minimum Gasteiger partial charge on any atom is -0.351 e. The van der Waals surface area contributed by atoms with Gasteiger partial charge in [-0.05, 0) is 0 Å². The molecule has 0 atom stereocenters. The Kier molecular flexibility index (Phi) is 6.06. The second-order valence-electron chi connectivity index (χ2n) is 4.33. The molecule has 0 spiro atoms. The summed E-state index contributed by atoms with van der Waals surface area (Å²) in [4.78, 5) is 48.2. The van der Waals surface area contributed by atoms with Crippen LogP contribution >= 0.6 is 0 Å². The lowest BCUT2D eigenvalue weighted by molar-refractivity contribution is -0.121. The molecule has 0 saturated heterocycles. The van der Waals surface area contributed by atoms with Crippen molar-refractivity contribution in [1.82, 2.24) is 19.0 Å². The Morgan fingerprint density at radius 3 is 1.73 bits per heavy atom. The number of aromatic nitrogens is 3. The molecule has 1 aromatic heterocycles. The Bertz CT molecular complexity index is 718. The van der Waals surface area contributed by atoms with E-state index in [1.165, 1.54) is 18.2 Å². The average molecular weight is 306 g/mol. The third-order valence-electron chi connectivity index (χ3n) is 2.75. The molecule has 1 rings (SSSR count). The molecule has 0 radical (unpaired) electrons. The molecule has 0 fully saturated rings. The fourth-order valence-corrected chi connectivity index (χ4v) is 1.77. The number of hydrogen-bond donors (Lipinski definition) is 1. The van der Waals surface area contributed by atoms with Gasteiger partial charge in [0.1, 0.15) is 6.54 Å². The van der Waals surface area contributed by atoms with Crippen molar-refractivity contribution < 1.29 is 4.79 Å². The summed E-state index contributed by atoms with van der Waals surface area (Å²) < 4.78 is 2.37. The number of nitrogens with one attached hydrogen (secondary N) is 1. The first-order chi connectivity index (χ1) is 10.5. The number of carbonyl (C=O) groups excluding carboxylic acids is 1. The molecule has 0 aromatic carbocycles. The molecule has 1 heterocycles. The predicted octanol–water partition coefficient (Wildman–Crippen LogP) is -1.15. The Morgan fingerprint density at radius 1 is 0.864 bits per heavy atom. The largest absolute Gasteiger partial charge is 0.351 e. The zero-order valence-electron chi connectivity index (χ0n) is 12.2. The highest BCUT2D eigenvalue weighted by molar-refractivity contribution is 5.75. The van der Waals surface area contributed by atoms with Gasteiger partial charge in [0.05, 0.1) is 13.1 Å². The summed E-state index contributed by atoms with van der Waals surface area (Å²) in [5, 5.41) is 2.46. The second-order valence-corrected chi connectivity index (χ2v) is 4.33. The van der Waals surface area contributed by atoms with Crippen LogP contribution in [0.25, 0.3) is 0 Å². The van der Waals surface area contributed by atoms with Gasteiger partial charge in [0.25, 0.3) is 0 Å². The molecule has 0 aliphatic heterocycles. The first-order valence-electron chi connectivity index (χ1n) is 6.51. The maximum atomic E-state index is 12.2. The molecule has 22 heavy (non-hydrogen) atoms. The van der Waals surface area contributed by atoms with Crippen LogP contribution in [0.2, 0.25) is 0 Å². The van der Waals surface area contributed by atoms with Gasteiger partial charge in [-0.2, -0.15) is 0 Å². The third kappa shape index (κ3) is 3.60. The molecule has 118 valence electrons. The fraction of sp³-hybridized carbons (Fsp3) is 0.286. The van der Waals surface area contributed by atoms with Crippen molar-refractivity contribution in [3.63, 3.8) is 0 Å². The fourth-order valence-electron chi connectivity index (χ4n) is 1.77. The van der Waals surface area contributed by atoms with Crippen molar-refractivity contribution in [1.29, 1.82) is 0 Å². The van der Waals surface area contributed by atoms with Gasteiger partial charge in [-0.3, -0.25) is 4.79 Å². The van der Waals surface area contributed by atoms with E-state index >= 15 is 0 Å². The van der Waals surface area contributed by atoms with Crippen LogP contribution in [-0.4, -0.2) is 26.2 Å². The summed E-state index contributed by atoms with van der Waals surface area (Å²) in [6.45, 7) is 9.96. The van der Waals surface area contributed by atoms with Crippen LogP contribution in [-0.2, 0) is 24.4 Å². The lowest BCUT2D eigenvalue weighted by atomic mass is 10.5. The van der Waals surface area contributed by atoms with E-state index < -0.39 is 29.5 Å². The highest BCUT2D eigenvalue weighted by Gasteiger charge is 2.16. The van der Waals surface area contributed by atoms with Crippen LogP contribution < -0.4 is 22.4 Å². The molecule has 0 bridgehead atoms. The lowest BCUT2D eigenvalue weighted by Gasteiger charge is -2.11. The summed E-state index contributed by atoms with van der Waals surface area (Å²) in [5.41, 5.74) is -2.48. The van der Waals surface area contributed by atoms with E-state index in [1.54, 1.807) is 0 Å². The second kappa shape index (κ2) is 7.77. The van der Waals surface area contributed by atoms with Gasteiger partial charge in [-0.1, -0.05) is 18.2 Å². The number of nitrogens with zero attached hydrogens (tertiary/aromatic N) is 3. The zero-order valence-corrected chi connectivity index (χ0v) is 12.2. The average Bonchev–Trinajstić information content (AvgIpc) is 2.50. The topological polar surface area (TPSA) is 95.1 Å². The summed E-state index contributed by atoms with van der Waals surface area (Å²) in [5.74, 6) is -0.534. The van der Waals surface area contributed by atoms with Crippen LogP contribution in [0.3, 0.4) is 0 Å². The summed E-state index contributed by atoms with van der Waals surface area (Å²) in [7, 11) is 0. The number of carbonyl (C=O) groups is 1. The van der Waals surface area contributed by atoms with Crippen molar-refractivity contribution in [2.45, 2.75) is 19.6 Å². The van der Waals surface area contributed by atoms with Crippen LogP contribution in [0.5, 0.6) is 0 Å². The van der Waals surface area contributed by atoms with Gasteiger partial charge in [0.15, 0.2) is 0 Å². The quantitative estimate of drug-likeness (QED) is 0.613. The van der Waals surface area contributed by atoms with E-state index in [-0.39, 0.29) is 19.6 Å². The molecule has 8 heteroatoms. The summed E-state index contributed by atoms with van der Waals surface area (Å²) in [6, 6.07) is 0. The van der Waals surface area contributed by atoms with E-state index in [1.807, 2.05) is 0 Å². The van der Waals surface area contributed by atoms with Gasteiger partial charge in [-0.25, -0.2) is 28.1 Å². The minimum atomic E-state index is -0.857. The van der Waals surface area contributed by atoms with Crippen molar-refractivity contribution in [3.8, 4) is 0 Å². The zero-order chi connectivity index (χ0) is 16.7. The maximum Gasteiger partial charge on any atom is 0.337 e. The molecule has 0 unspecified atom stereocenters. The van der Waals surface area contributed by atoms with Crippen molar-refractivity contribution in [2.24, 2.45) is 0 Å². The van der Waals surface area contributed by atoms with E-state index in [0.29, 0.717) is 4.57 Å². The van der Waals surface area contributed by atoms with Gasteiger partial charge in [-0.15, -0.1) is 19.7 Å². The van der Waals surface area contributed by atoms with Crippen molar-refractivity contribution >= 4 is 5.91 Å². The van der Waals surface area contributed by atoms with E-state index in [0.717, 1.165) is 9.13 Å². The molecule has 0 saturated carbocycles. The van der Waals surface area contributed by atoms with E-state index in [2.05, 4.69) is 25.1 Å². The Labute approximate surface area is 126 Å². The molecule has 1 aromatic rings. The first kappa shape index (κ1) is 17.2. The SMILES string of the molecule is C=CCNC(=O)Cn1c(=O)n(CC=C)c(=O)n(CC=C)c1=O. The van der Waals surface area contributed by atoms with Crippen LogP contribution in [0, 0.1) is 0 Å². The molecule has 1 N–H and O–H groups in total. The smallest absolute Gasteiger partial charge is 0.337 e. The molecule has 0 aliphatic rings. The molecule has 8 nitrogen and oxygen atoms in total. The molecular formula is C14H18N4O4. The molecule has 0 aliphatic carbocycles. The van der Waals surface area contributed by atoms with Gasteiger partial charge < -0.3 is 5.32 Å². The Hall–Kier alpha value is -2.90. The summed E-state index contributed by atoms with van der Waals surface area (Å²) in [6.07, 6.45) is 4.18. The number of allylic oxidation sites excluding steroid dienone is 2. The Morgan fingerprint density at radius 2 is 1.32 bits per heavy atom. The van der Waals surface area contributed by atoms with Crippen LogP contribution in [0.1, 0.15) is 0 Å². The van der Waals surface area contributed by atoms with Gasteiger partial charge in [0.2, 0.25) is 5.91 Å². The van der Waals surface area contributed by atoms with E-state index in [9.17, 15) is 19.2 Å². The van der Waals surface area contributed by atoms with Gasteiger partial charge >= 0.3 is 17.1 Å². The minimum absolute atomic E-state index is 0.0661. The Balaban J connectivity index is 3.46. The normalized spacial score (nSPS) is 10.0. The monoisotopic (exact) mass is 306 g/mol. The van der Waals surface area contributed by atoms with Gasteiger partial charge in [0, 0.05) is 6.54 Å². The van der Waals surface area contributed by atoms with Crippen molar-refractivity contribution in [2.75, 3.05) is 6.54 Å². The standard InChI is InChI=1S/C14H18N4O4/c1-4-7-15-11(19)10-18-13(21)16(8-5-2)12(20)17(9-6-3)14(18)22/h4-6H,1-3,7-10H2,(H,15,19).